The number of hydrogen-bond donors (Lipinski definition) is 0. The molecular formula is C13H22BNO2. The minimum absolute atomic E-state index is 0.499. The van der Waals surface area contributed by atoms with Gasteiger partial charge in [0.25, 0.3) is 0 Å². The zero-order valence-corrected chi connectivity index (χ0v) is 10.6. The normalized spacial score (nSPS) is 30.6. The van der Waals surface area contributed by atoms with Crippen LogP contribution in [0.25, 0.3) is 0 Å². The van der Waals surface area contributed by atoms with Crippen LogP contribution in [0.2, 0.25) is 0 Å². The molecule has 0 unspecified atom stereocenters. The molecule has 1 aliphatic rings. The standard InChI is InChI=1S/C13H22BNO2/c1-6-8-15-9-7-11(10-15)14-16-12(2,3)13(4,5)17-14/h7,9-10H,6,8H2,1-5H3/i1D3,6D2,8D2. The summed E-state index contributed by atoms with van der Waals surface area (Å²) in [5.41, 5.74) is -0.628. The number of rotatable bonds is 3. The fourth-order valence-electron chi connectivity index (χ4n) is 1.67. The second kappa shape index (κ2) is 4.18. The Labute approximate surface area is 114 Å². The average molecular weight is 242 g/mol. The van der Waals surface area contributed by atoms with Crippen LogP contribution in [0.5, 0.6) is 0 Å². The Morgan fingerprint density at radius 3 is 2.59 bits per heavy atom. The van der Waals surface area contributed by atoms with Crippen LogP contribution in [-0.2, 0) is 15.8 Å². The highest BCUT2D eigenvalue weighted by molar-refractivity contribution is 6.62. The van der Waals surface area contributed by atoms with E-state index < -0.39 is 38.0 Å². The molecule has 0 saturated carbocycles. The number of aryl methyl sites for hydroxylation is 1. The first kappa shape index (κ1) is 6.44. The maximum Gasteiger partial charge on any atom is 0.496 e. The zero-order chi connectivity index (χ0) is 18.8. The maximum absolute atomic E-state index is 7.98. The molecule has 0 amide bonds. The summed E-state index contributed by atoms with van der Waals surface area (Å²) in [7, 11) is -0.731. The molecule has 2 rings (SSSR count). The fraction of sp³-hybridized carbons (Fsp3) is 0.692. The van der Waals surface area contributed by atoms with Gasteiger partial charge in [-0.2, -0.15) is 0 Å². The highest BCUT2D eigenvalue weighted by atomic mass is 16.7. The summed E-state index contributed by atoms with van der Waals surface area (Å²) in [6.45, 7) is 1.67. The van der Waals surface area contributed by atoms with Gasteiger partial charge in [-0.25, -0.2) is 0 Å². The molecule has 0 aromatic carbocycles. The van der Waals surface area contributed by atoms with Gasteiger partial charge >= 0.3 is 7.12 Å². The van der Waals surface area contributed by atoms with Crippen molar-refractivity contribution in [3.63, 3.8) is 0 Å². The van der Waals surface area contributed by atoms with Crippen molar-refractivity contribution in [3.05, 3.63) is 18.5 Å². The molecule has 17 heavy (non-hydrogen) atoms. The largest absolute Gasteiger partial charge is 0.496 e. The fourth-order valence-corrected chi connectivity index (χ4v) is 1.67. The molecule has 0 bridgehead atoms. The molecule has 0 N–H and O–H groups in total. The molecule has 0 spiro atoms. The van der Waals surface area contributed by atoms with E-state index in [9.17, 15) is 0 Å². The Morgan fingerprint density at radius 1 is 1.35 bits per heavy atom. The Hall–Kier alpha value is -0.735. The van der Waals surface area contributed by atoms with Crippen molar-refractivity contribution in [1.29, 1.82) is 0 Å². The topological polar surface area (TPSA) is 23.4 Å². The van der Waals surface area contributed by atoms with E-state index in [1.54, 1.807) is 0 Å². The highest BCUT2D eigenvalue weighted by Gasteiger charge is 2.51. The number of aromatic nitrogens is 1. The van der Waals surface area contributed by atoms with E-state index >= 15 is 0 Å². The predicted molar refractivity (Wildman–Crippen MR) is 70.4 cm³/mol. The van der Waals surface area contributed by atoms with E-state index in [0.717, 1.165) is 4.57 Å². The average Bonchev–Trinajstić information content (AvgIpc) is 2.92. The van der Waals surface area contributed by atoms with E-state index in [1.165, 1.54) is 18.5 Å². The summed E-state index contributed by atoms with van der Waals surface area (Å²) >= 11 is 0. The second-order valence-electron chi connectivity index (χ2n) is 5.18. The number of nitrogens with zero attached hydrogens (tertiary/aromatic N) is 1. The summed E-state index contributed by atoms with van der Waals surface area (Å²) in [5.74, 6) is 0. The second-order valence-corrected chi connectivity index (χ2v) is 5.18. The molecule has 1 aliphatic heterocycles. The molecule has 1 fully saturated rings. The molecule has 1 saturated heterocycles. The van der Waals surface area contributed by atoms with Crippen molar-refractivity contribution < 1.29 is 18.9 Å². The molecule has 94 valence electrons. The monoisotopic (exact) mass is 242 g/mol. The van der Waals surface area contributed by atoms with E-state index in [2.05, 4.69) is 0 Å². The molecule has 0 aliphatic carbocycles. The molecule has 1 aromatic rings. The Balaban J connectivity index is 2.32. The van der Waals surface area contributed by atoms with Gasteiger partial charge < -0.3 is 13.9 Å². The number of hydrogen-bond acceptors (Lipinski definition) is 2. The van der Waals surface area contributed by atoms with Crippen molar-refractivity contribution in [3.8, 4) is 0 Å². The minimum Gasteiger partial charge on any atom is -0.399 e. The van der Waals surface area contributed by atoms with Gasteiger partial charge in [0, 0.05) is 33.9 Å². The van der Waals surface area contributed by atoms with Crippen LogP contribution in [0, 0.1) is 0 Å². The summed E-state index contributed by atoms with van der Waals surface area (Å²) in [6.07, 6.45) is -0.443. The summed E-state index contributed by atoms with van der Waals surface area (Å²) < 4.78 is 65.8. The van der Waals surface area contributed by atoms with Crippen LogP contribution >= 0.6 is 0 Å². The highest BCUT2D eigenvalue weighted by Crippen LogP contribution is 2.36. The van der Waals surface area contributed by atoms with Gasteiger partial charge in [-0.1, -0.05) is 6.85 Å². The van der Waals surface area contributed by atoms with Crippen molar-refractivity contribution >= 4 is 12.6 Å². The Bertz CT molecular complexity index is 608. The lowest BCUT2D eigenvalue weighted by atomic mass is 9.81. The molecule has 0 atom stereocenters. The Morgan fingerprint density at radius 2 is 2.00 bits per heavy atom. The first-order valence-electron chi connectivity index (χ1n) is 9.07. The molecule has 1 aromatic heterocycles. The van der Waals surface area contributed by atoms with Gasteiger partial charge in [-0.3, -0.25) is 0 Å². The van der Waals surface area contributed by atoms with Gasteiger partial charge in [0.2, 0.25) is 0 Å². The lowest BCUT2D eigenvalue weighted by Gasteiger charge is -2.32. The molecule has 0 radical (unpaired) electrons. The van der Waals surface area contributed by atoms with Gasteiger partial charge in [-0.05, 0) is 40.1 Å². The first-order valence-corrected chi connectivity index (χ1v) is 5.57. The van der Waals surface area contributed by atoms with E-state index in [0.29, 0.717) is 5.46 Å². The van der Waals surface area contributed by atoms with Crippen molar-refractivity contribution in [1.82, 2.24) is 4.57 Å². The predicted octanol–water partition coefficient (Wildman–Crippen LogP) is 2.20. The van der Waals surface area contributed by atoms with Crippen LogP contribution in [-0.4, -0.2) is 22.9 Å². The third-order valence-electron chi connectivity index (χ3n) is 3.43. The van der Waals surface area contributed by atoms with E-state index in [1.807, 2.05) is 27.7 Å². The van der Waals surface area contributed by atoms with Crippen molar-refractivity contribution in [2.45, 2.75) is 58.6 Å². The summed E-state index contributed by atoms with van der Waals surface area (Å²) in [4.78, 5) is 0. The van der Waals surface area contributed by atoms with Crippen LogP contribution in [0.3, 0.4) is 0 Å². The van der Waals surface area contributed by atoms with E-state index in [-0.39, 0.29) is 0 Å². The molecule has 4 heteroatoms. The maximum atomic E-state index is 7.98. The third kappa shape index (κ3) is 2.29. The SMILES string of the molecule is [2H]C([2H])([2H])C([2H])([2H])C([2H])([2H])n1ccc(B2OC(C)(C)C(C)(C)O2)c1. The van der Waals surface area contributed by atoms with Crippen LogP contribution in [0.4, 0.5) is 0 Å². The summed E-state index contributed by atoms with van der Waals surface area (Å²) in [5, 5.41) is 0. The van der Waals surface area contributed by atoms with Crippen LogP contribution < -0.4 is 5.46 Å². The van der Waals surface area contributed by atoms with Crippen LogP contribution in [0.15, 0.2) is 18.5 Å². The van der Waals surface area contributed by atoms with Gasteiger partial charge in [0.15, 0.2) is 0 Å². The van der Waals surface area contributed by atoms with Crippen molar-refractivity contribution in [2.75, 3.05) is 0 Å². The lowest BCUT2D eigenvalue weighted by Crippen LogP contribution is -2.41. The smallest absolute Gasteiger partial charge is 0.399 e. The zero-order valence-electron chi connectivity index (χ0n) is 17.6. The Kier molecular flexibility index (Phi) is 1.58. The van der Waals surface area contributed by atoms with Crippen LogP contribution in [0.1, 0.15) is 50.5 Å². The minimum atomic E-state index is -3.11. The molecule has 2 heterocycles. The van der Waals surface area contributed by atoms with Gasteiger partial charge in [0.05, 0.1) is 11.2 Å². The quantitative estimate of drug-likeness (QED) is 0.758. The first-order chi connectivity index (χ1) is 10.5. The van der Waals surface area contributed by atoms with Gasteiger partial charge in [0.1, 0.15) is 0 Å². The summed E-state index contributed by atoms with van der Waals surface area (Å²) in [6, 6.07) is 1.54. The molecular weight excluding hydrogens is 213 g/mol. The van der Waals surface area contributed by atoms with Gasteiger partial charge in [-0.15, -0.1) is 0 Å². The third-order valence-corrected chi connectivity index (χ3v) is 3.43. The van der Waals surface area contributed by atoms with E-state index in [4.69, 9.17) is 18.9 Å². The van der Waals surface area contributed by atoms with Crippen molar-refractivity contribution in [2.24, 2.45) is 0 Å². The molecule has 3 nitrogen and oxygen atoms in total. The lowest BCUT2D eigenvalue weighted by molar-refractivity contribution is 0.00578.